The summed E-state index contributed by atoms with van der Waals surface area (Å²) in [6.45, 7) is 3.74. The molecule has 1 N–H and O–H groups in total. The minimum Gasteiger partial charge on any atom is -0.383 e. The van der Waals surface area contributed by atoms with Gasteiger partial charge in [-0.3, -0.25) is 4.68 Å². The van der Waals surface area contributed by atoms with E-state index >= 15 is 0 Å². The Morgan fingerprint density at radius 3 is 2.47 bits per heavy atom. The number of aromatic nitrogens is 2. The molecule has 0 spiro atoms. The van der Waals surface area contributed by atoms with E-state index in [1.165, 1.54) is 6.07 Å². The first-order valence-corrected chi connectivity index (χ1v) is 4.59. The zero-order chi connectivity index (χ0) is 11.6. The van der Waals surface area contributed by atoms with Crippen molar-refractivity contribution in [3.05, 3.63) is 18.0 Å². The van der Waals surface area contributed by atoms with Crippen LogP contribution in [0.5, 0.6) is 0 Å². The van der Waals surface area contributed by atoms with Gasteiger partial charge >= 0.3 is 6.18 Å². The molecule has 1 aromatic heterocycles. The van der Waals surface area contributed by atoms with E-state index in [0.29, 0.717) is 0 Å². The molecule has 0 fully saturated rings. The van der Waals surface area contributed by atoms with Gasteiger partial charge in [0.05, 0.1) is 5.69 Å². The maximum absolute atomic E-state index is 12.0. The van der Waals surface area contributed by atoms with Gasteiger partial charge in [-0.05, 0) is 19.9 Å². The zero-order valence-corrected chi connectivity index (χ0v) is 8.49. The predicted molar refractivity (Wildman–Crippen MR) is 48.4 cm³/mol. The van der Waals surface area contributed by atoms with Crippen molar-refractivity contribution in [3.8, 4) is 0 Å². The van der Waals surface area contributed by atoms with E-state index in [9.17, 15) is 13.2 Å². The molecule has 0 amide bonds. The van der Waals surface area contributed by atoms with Crippen LogP contribution < -0.4 is 0 Å². The number of hydrogen-bond acceptors (Lipinski definition) is 2. The highest BCUT2D eigenvalue weighted by molar-refractivity contribution is 5.01. The van der Waals surface area contributed by atoms with Crippen LogP contribution in [0.2, 0.25) is 0 Å². The third-order valence-electron chi connectivity index (χ3n) is 1.97. The number of nitrogens with zero attached hydrogens (tertiary/aromatic N) is 2. The Hall–Kier alpha value is -1.04. The normalized spacial score (nSPS) is 14.6. The van der Waals surface area contributed by atoms with Crippen molar-refractivity contribution in [1.29, 1.82) is 0 Å². The maximum Gasteiger partial charge on any atom is 0.414 e. The SMILES string of the molecule is CC(C)n1ccc(C[C@@H](O)C(F)(F)F)n1. The van der Waals surface area contributed by atoms with E-state index in [4.69, 9.17) is 5.11 Å². The van der Waals surface area contributed by atoms with Gasteiger partial charge in [0.25, 0.3) is 0 Å². The average Bonchev–Trinajstić information content (AvgIpc) is 2.50. The van der Waals surface area contributed by atoms with Crippen molar-refractivity contribution in [2.75, 3.05) is 0 Å². The summed E-state index contributed by atoms with van der Waals surface area (Å²) >= 11 is 0. The molecule has 15 heavy (non-hydrogen) atoms. The van der Waals surface area contributed by atoms with Crippen LogP contribution in [-0.2, 0) is 6.42 Å². The van der Waals surface area contributed by atoms with Gasteiger partial charge < -0.3 is 5.11 Å². The highest BCUT2D eigenvalue weighted by Crippen LogP contribution is 2.22. The lowest BCUT2D eigenvalue weighted by atomic mass is 10.2. The molecule has 0 saturated heterocycles. The second-order valence-corrected chi connectivity index (χ2v) is 3.64. The lowest BCUT2D eigenvalue weighted by Crippen LogP contribution is -2.30. The highest BCUT2D eigenvalue weighted by atomic mass is 19.4. The summed E-state index contributed by atoms with van der Waals surface area (Å²) in [5.74, 6) is 0. The number of rotatable bonds is 3. The first kappa shape index (κ1) is 12.0. The number of aliphatic hydroxyl groups excluding tert-OH is 1. The minimum atomic E-state index is -4.58. The summed E-state index contributed by atoms with van der Waals surface area (Å²) < 4.78 is 37.6. The maximum atomic E-state index is 12.0. The molecule has 0 aromatic carbocycles. The Morgan fingerprint density at radius 2 is 2.07 bits per heavy atom. The van der Waals surface area contributed by atoms with Gasteiger partial charge in [0.2, 0.25) is 0 Å². The summed E-state index contributed by atoms with van der Waals surface area (Å²) in [4.78, 5) is 0. The van der Waals surface area contributed by atoms with Crippen LogP contribution in [0, 0.1) is 0 Å². The van der Waals surface area contributed by atoms with Crippen LogP contribution in [-0.4, -0.2) is 27.2 Å². The molecule has 1 atom stereocenters. The quantitative estimate of drug-likeness (QED) is 0.848. The smallest absolute Gasteiger partial charge is 0.383 e. The highest BCUT2D eigenvalue weighted by Gasteiger charge is 2.38. The Labute approximate surface area is 85.5 Å². The third-order valence-corrected chi connectivity index (χ3v) is 1.97. The van der Waals surface area contributed by atoms with Crippen LogP contribution in [0.1, 0.15) is 25.6 Å². The fourth-order valence-corrected chi connectivity index (χ4v) is 1.09. The molecule has 0 aliphatic heterocycles. The molecule has 0 saturated carbocycles. The first-order chi connectivity index (χ1) is 6.80. The molecule has 3 nitrogen and oxygen atoms in total. The lowest BCUT2D eigenvalue weighted by molar-refractivity contribution is -0.203. The molecule has 6 heteroatoms. The van der Waals surface area contributed by atoms with Crippen molar-refractivity contribution in [2.45, 2.75) is 38.6 Å². The van der Waals surface area contributed by atoms with Crippen molar-refractivity contribution in [1.82, 2.24) is 9.78 Å². The van der Waals surface area contributed by atoms with Gasteiger partial charge in [-0.25, -0.2) is 0 Å². The Morgan fingerprint density at radius 1 is 1.47 bits per heavy atom. The van der Waals surface area contributed by atoms with E-state index in [1.54, 1.807) is 10.9 Å². The molecule has 1 heterocycles. The second-order valence-electron chi connectivity index (χ2n) is 3.64. The summed E-state index contributed by atoms with van der Waals surface area (Å²) in [7, 11) is 0. The van der Waals surface area contributed by atoms with Gasteiger partial charge in [-0.2, -0.15) is 18.3 Å². The monoisotopic (exact) mass is 222 g/mol. The van der Waals surface area contributed by atoms with E-state index in [2.05, 4.69) is 5.10 Å². The first-order valence-electron chi connectivity index (χ1n) is 4.59. The zero-order valence-electron chi connectivity index (χ0n) is 8.49. The van der Waals surface area contributed by atoms with E-state index < -0.39 is 18.7 Å². The molecule has 0 aliphatic carbocycles. The molecule has 1 rings (SSSR count). The van der Waals surface area contributed by atoms with Gasteiger partial charge in [0, 0.05) is 18.7 Å². The van der Waals surface area contributed by atoms with E-state index in [-0.39, 0.29) is 11.7 Å². The molecule has 0 aliphatic rings. The topological polar surface area (TPSA) is 38.0 Å². The van der Waals surface area contributed by atoms with Crippen molar-refractivity contribution >= 4 is 0 Å². The molecular weight excluding hydrogens is 209 g/mol. The number of aliphatic hydroxyl groups is 1. The van der Waals surface area contributed by atoms with Gasteiger partial charge in [0.1, 0.15) is 0 Å². The summed E-state index contributed by atoms with van der Waals surface area (Å²) in [5.41, 5.74) is 0.244. The van der Waals surface area contributed by atoms with Crippen LogP contribution in [0.25, 0.3) is 0 Å². The number of hydrogen-bond donors (Lipinski definition) is 1. The standard InChI is InChI=1S/C9H13F3N2O/c1-6(2)14-4-3-7(13-14)5-8(15)9(10,11)12/h3-4,6,8,15H,5H2,1-2H3/t8-/m1/s1. The second kappa shape index (κ2) is 4.22. The van der Waals surface area contributed by atoms with Gasteiger partial charge in [0.15, 0.2) is 6.10 Å². The van der Waals surface area contributed by atoms with Crippen LogP contribution in [0.4, 0.5) is 13.2 Å². The molecule has 1 aromatic rings. The number of alkyl halides is 3. The van der Waals surface area contributed by atoms with Gasteiger partial charge in [-0.1, -0.05) is 0 Å². The fraction of sp³-hybridized carbons (Fsp3) is 0.667. The summed E-state index contributed by atoms with van der Waals surface area (Å²) in [6.07, 6.45) is -5.82. The van der Waals surface area contributed by atoms with Gasteiger partial charge in [-0.15, -0.1) is 0 Å². The predicted octanol–water partition coefficient (Wildman–Crippen LogP) is 1.93. The van der Waals surface area contributed by atoms with E-state index in [1.807, 2.05) is 13.8 Å². The summed E-state index contributed by atoms with van der Waals surface area (Å²) in [5, 5.41) is 12.7. The van der Waals surface area contributed by atoms with E-state index in [0.717, 1.165) is 0 Å². The molecule has 0 unspecified atom stereocenters. The Bertz CT molecular complexity index is 319. The average molecular weight is 222 g/mol. The third kappa shape index (κ3) is 3.23. The fourth-order valence-electron chi connectivity index (χ4n) is 1.09. The number of halogens is 3. The Kier molecular flexibility index (Phi) is 3.38. The van der Waals surface area contributed by atoms with Crippen LogP contribution >= 0.6 is 0 Å². The minimum absolute atomic E-state index is 0.0989. The largest absolute Gasteiger partial charge is 0.414 e. The molecule has 0 radical (unpaired) electrons. The van der Waals surface area contributed by atoms with Crippen LogP contribution in [0.3, 0.4) is 0 Å². The lowest BCUT2D eigenvalue weighted by Gasteiger charge is -2.12. The Balaban J connectivity index is 2.65. The van der Waals surface area contributed by atoms with Crippen molar-refractivity contribution in [3.63, 3.8) is 0 Å². The molecule has 0 bridgehead atoms. The molecule has 86 valence electrons. The van der Waals surface area contributed by atoms with Crippen LogP contribution in [0.15, 0.2) is 12.3 Å². The summed E-state index contributed by atoms with van der Waals surface area (Å²) in [6, 6.07) is 1.58. The van der Waals surface area contributed by atoms with Crippen molar-refractivity contribution in [2.24, 2.45) is 0 Å². The molecular formula is C9H13F3N2O. The van der Waals surface area contributed by atoms with Crippen molar-refractivity contribution < 1.29 is 18.3 Å².